The molecule has 3 unspecified atom stereocenters. The van der Waals surface area contributed by atoms with E-state index in [0.717, 1.165) is 0 Å². The van der Waals surface area contributed by atoms with Crippen LogP contribution < -0.4 is 16.0 Å². The van der Waals surface area contributed by atoms with E-state index in [2.05, 4.69) is 42.8 Å². The van der Waals surface area contributed by atoms with Gasteiger partial charge in [0.05, 0.1) is 35.7 Å². The number of halogens is 5. The summed E-state index contributed by atoms with van der Waals surface area (Å²) < 4.78 is 68.9. The van der Waals surface area contributed by atoms with E-state index < -0.39 is 48.3 Å². The van der Waals surface area contributed by atoms with E-state index in [1.807, 2.05) is 0 Å². The van der Waals surface area contributed by atoms with Crippen molar-refractivity contribution in [2.75, 3.05) is 26.2 Å². The zero-order valence-corrected chi connectivity index (χ0v) is 26.8. The molecule has 2 aromatic heterocycles. The number of carbonyl (C=O) groups is 2. The van der Waals surface area contributed by atoms with Gasteiger partial charge in [-0.15, -0.1) is 0 Å². The zero-order chi connectivity index (χ0) is 34.2. The molecule has 2 aromatic rings. The van der Waals surface area contributed by atoms with Crippen molar-refractivity contribution >= 4 is 24.3 Å². The lowest BCUT2D eigenvalue weighted by Crippen LogP contribution is -2.47. The van der Waals surface area contributed by atoms with Gasteiger partial charge in [0.15, 0.2) is 0 Å². The van der Waals surface area contributed by atoms with Crippen molar-refractivity contribution in [3.63, 3.8) is 0 Å². The maximum atomic E-state index is 14.0. The van der Waals surface area contributed by atoms with Gasteiger partial charge in [0.1, 0.15) is 5.70 Å². The van der Waals surface area contributed by atoms with E-state index in [1.54, 1.807) is 19.9 Å². The number of nitrogens with one attached hydrogen (secondary N) is 3. The molecule has 4 heterocycles. The average Bonchev–Trinajstić information content (AvgIpc) is 3.47. The normalized spacial score (nSPS) is 22.9. The Morgan fingerprint density at radius 1 is 1.26 bits per heavy atom. The number of nitrogens with zero attached hydrogens (tertiary/aromatic N) is 6. The van der Waals surface area contributed by atoms with Gasteiger partial charge < -0.3 is 16.0 Å². The second-order valence-electron chi connectivity index (χ2n) is 12.3. The van der Waals surface area contributed by atoms with Gasteiger partial charge in [0.25, 0.3) is 11.7 Å². The van der Waals surface area contributed by atoms with Gasteiger partial charge in [-0.2, -0.15) is 23.4 Å². The number of hydrogen-bond donors (Lipinski definition) is 3. The van der Waals surface area contributed by atoms with E-state index in [1.165, 1.54) is 54.3 Å². The van der Waals surface area contributed by atoms with Gasteiger partial charge >= 0.3 is 6.18 Å². The molecule has 3 fully saturated rings. The van der Waals surface area contributed by atoms with E-state index in [-0.39, 0.29) is 61.6 Å². The van der Waals surface area contributed by atoms with Crippen molar-refractivity contribution in [1.29, 1.82) is 0 Å². The number of fused-ring (bicyclic) bond motifs is 1. The van der Waals surface area contributed by atoms with Crippen LogP contribution in [0.15, 0.2) is 29.3 Å². The molecule has 1 aliphatic carbocycles. The monoisotopic (exact) mass is 669 g/mol. The molecule has 3 N–H and O–H groups in total. The minimum atomic E-state index is -4.42. The molecule has 1 saturated carbocycles. The van der Waals surface area contributed by atoms with E-state index in [9.17, 15) is 31.5 Å². The molecule has 2 amide bonds. The highest BCUT2D eigenvalue weighted by molar-refractivity contribution is 5.93. The number of likely N-dealkylation sites (N-methyl/N-ethyl adjacent to an activating group) is 1. The summed E-state index contributed by atoms with van der Waals surface area (Å²) >= 11 is 0. The third-order valence-corrected chi connectivity index (χ3v) is 8.93. The first-order valence-corrected chi connectivity index (χ1v) is 16.2. The fourth-order valence-corrected chi connectivity index (χ4v) is 6.25. The van der Waals surface area contributed by atoms with E-state index in [0.29, 0.717) is 12.2 Å². The highest BCUT2D eigenvalue weighted by atomic mass is 19.4. The van der Waals surface area contributed by atoms with Crippen LogP contribution in [0.4, 0.5) is 22.0 Å². The van der Waals surface area contributed by atoms with Gasteiger partial charge in [-0.25, -0.2) is 23.3 Å². The Morgan fingerprint density at radius 3 is 2.51 bits per heavy atom. The van der Waals surface area contributed by atoms with Crippen LogP contribution in [0, 0.1) is 17.8 Å². The maximum absolute atomic E-state index is 14.0. The summed E-state index contributed by atoms with van der Waals surface area (Å²) in [4.78, 5) is 34.3. The second-order valence-corrected chi connectivity index (χ2v) is 12.3. The lowest BCUT2D eigenvalue weighted by Gasteiger charge is -2.34. The molecule has 16 heteroatoms. The number of allylic oxidation sites excluding steroid dienone is 1. The Bertz CT molecular complexity index is 1390. The molecule has 0 radical (unpaired) electrons. The molecule has 2 saturated heterocycles. The van der Waals surface area contributed by atoms with Gasteiger partial charge in [0.2, 0.25) is 11.8 Å². The minimum absolute atomic E-state index is 0.0567. The highest BCUT2D eigenvalue weighted by Crippen LogP contribution is 2.41. The van der Waals surface area contributed by atoms with Gasteiger partial charge in [-0.05, 0) is 65.0 Å². The SMILES string of the molecule is C1CCNCC1.C=NN(CC)/C(=C\C)C(=O)NC(c1cn2nc(CC3CC(C(F)(F)F)CNC3=O)cnc2n1)C1CCC(F)(F)CC1. The lowest BCUT2D eigenvalue weighted by molar-refractivity contribution is -0.183. The molecule has 2 aliphatic heterocycles. The summed E-state index contributed by atoms with van der Waals surface area (Å²) in [5, 5.41) is 18.2. The van der Waals surface area contributed by atoms with Gasteiger partial charge in [0, 0.05) is 45.0 Å². The third-order valence-electron chi connectivity index (χ3n) is 8.93. The molecular weight excluding hydrogens is 625 g/mol. The van der Waals surface area contributed by atoms with Crippen molar-refractivity contribution < 1.29 is 31.5 Å². The summed E-state index contributed by atoms with van der Waals surface area (Å²) in [5.74, 6) is -6.51. The Hall–Kier alpha value is -3.69. The van der Waals surface area contributed by atoms with Gasteiger partial charge in [-0.1, -0.05) is 12.5 Å². The van der Waals surface area contributed by atoms with Crippen molar-refractivity contribution in [3.8, 4) is 0 Å². The van der Waals surface area contributed by atoms with Crippen molar-refractivity contribution in [2.45, 2.75) is 89.8 Å². The molecule has 47 heavy (non-hydrogen) atoms. The second kappa shape index (κ2) is 15.9. The Balaban J connectivity index is 0.000000748. The molecule has 3 atom stereocenters. The third kappa shape index (κ3) is 9.67. The maximum Gasteiger partial charge on any atom is 0.393 e. The summed E-state index contributed by atoms with van der Waals surface area (Å²) in [6.45, 7) is 9.37. The first-order valence-electron chi connectivity index (χ1n) is 16.2. The molecule has 260 valence electrons. The number of amides is 2. The van der Waals surface area contributed by atoms with Crippen molar-refractivity contribution in [3.05, 3.63) is 35.6 Å². The smallest absolute Gasteiger partial charge is 0.355 e. The molecule has 11 nitrogen and oxygen atoms in total. The molecule has 0 bridgehead atoms. The predicted octanol–water partition coefficient (Wildman–Crippen LogP) is 4.57. The van der Waals surface area contributed by atoms with E-state index >= 15 is 0 Å². The fourth-order valence-electron chi connectivity index (χ4n) is 6.25. The number of rotatable bonds is 9. The Labute approximate surface area is 270 Å². The molecule has 0 aromatic carbocycles. The number of aromatic nitrogens is 4. The van der Waals surface area contributed by atoms with Crippen LogP contribution in [0.3, 0.4) is 0 Å². The molecule has 3 aliphatic rings. The lowest BCUT2D eigenvalue weighted by atomic mass is 9.81. The Kier molecular flexibility index (Phi) is 12.3. The van der Waals surface area contributed by atoms with Crippen LogP contribution in [0.1, 0.15) is 82.6 Å². The summed E-state index contributed by atoms with van der Waals surface area (Å²) in [6, 6.07) is -0.749. The number of piperidine rings is 2. The number of imidazole rings is 1. The predicted molar refractivity (Wildman–Crippen MR) is 165 cm³/mol. The first-order chi connectivity index (χ1) is 22.3. The quantitative estimate of drug-likeness (QED) is 0.155. The van der Waals surface area contributed by atoms with Crippen LogP contribution >= 0.6 is 0 Å². The highest BCUT2D eigenvalue weighted by Gasteiger charge is 2.45. The minimum Gasteiger partial charge on any atom is -0.355 e. The first kappa shape index (κ1) is 36.2. The number of alkyl halides is 5. The number of hydrazone groups is 1. The average molecular weight is 670 g/mol. The van der Waals surface area contributed by atoms with Crippen LogP contribution in [-0.2, 0) is 16.0 Å². The van der Waals surface area contributed by atoms with Crippen molar-refractivity contribution in [1.82, 2.24) is 40.5 Å². The van der Waals surface area contributed by atoms with Crippen molar-refractivity contribution in [2.24, 2.45) is 22.9 Å². The summed E-state index contributed by atoms with van der Waals surface area (Å²) in [6.07, 6.45) is 3.46. The summed E-state index contributed by atoms with van der Waals surface area (Å²) in [7, 11) is 0. The van der Waals surface area contributed by atoms with Crippen LogP contribution in [-0.4, -0.2) is 81.4 Å². The Morgan fingerprint density at radius 2 is 1.96 bits per heavy atom. The molecular formula is C31H44F5N9O2. The standard InChI is InChI=1S/C26H33F5N8O2.C5H11N/c1-4-20(38(5-2)32-3)23(41)36-21(15-6-8-25(27,28)9-7-15)19-14-39-24(35-19)34-13-18(37-39)11-16-10-17(26(29,30)31)12-33-22(16)40;1-2-4-6-5-3-1/h4,13-17,21H,3,5-12H2,1-2H3,(H,33,40)(H,36,41);6H,1-5H2/b20-4-;. The summed E-state index contributed by atoms with van der Waals surface area (Å²) in [5.41, 5.74) is 0.872. The molecule has 0 spiro atoms. The largest absolute Gasteiger partial charge is 0.393 e. The zero-order valence-electron chi connectivity index (χ0n) is 26.8. The number of hydrogen-bond acceptors (Lipinski definition) is 8. The van der Waals surface area contributed by atoms with E-state index in [4.69, 9.17) is 0 Å². The fraction of sp³-hybridized carbons (Fsp3) is 0.677. The van der Waals surface area contributed by atoms with Crippen LogP contribution in [0.5, 0.6) is 0 Å². The van der Waals surface area contributed by atoms with Crippen LogP contribution in [0.25, 0.3) is 5.78 Å². The topological polar surface area (TPSA) is 129 Å². The van der Waals surface area contributed by atoms with Crippen LogP contribution in [0.2, 0.25) is 0 Å². The van der Waals surface area contributed by atoms with Gasteiger partial charge in [-0.3, -0.25) is 14.6 Å². The number of carbonyl (C=O) groups excluding carboxylic acids is 2. The molecule has 5 rings (SSSR count).